The van der Waals surface area contributed by atoms with Gasteiger partial charge in [0.25, 0.3) is 0 Å². The predicted molar refractivity (Wildman–Crippen MR) is 83.6 cm³/mol. The second kappa shape index (κ2) is 6.27. The largest absolute Gasteiger partial charge is 0.465 e. The molecule has 0 bridgehead atoms. The first kappa shape index (κ1) is 15.5. The molecule has 0 amide bonds. The third-order valence-corrected chi connectivity index (χ3v) is 4.05. The molecule has 1 aromatic heterocycles. The lowest BCUT2D eigenvalue weighted by atomic mass is 9.92. The molecule has 0 saturated carbocycles. The Morgan fingerprint density at radius 1 is 1.14 bits per heavy atom. The van der Waals surface area contributed by atoms with E-state index in [0.29, 0.717) is 29.1 Å². The summed E-state index contributed by atoms with van der Waals surface area (Å²) in [5.74, 6) is 1.01. The van der Waals surface area contributed by atoms with Crippen LogP contribution in [0.1, 0.15) is 54.1 Å². The number of benzene rings is 1. The molecule has 2 rings (SSSR count). The normalized spacial score (nSPS) is 14.0. The second-order valence-corrected chi connectivity index (χ2v) is 5.47. The third-order valence-electron chi connectivity index (χ3n) is 4.05. The zero-order chi connectivity index (χ0) is 15.6. The van der Waals surface area contributed by atoms with Crippen molar-refractivity contribution >= 4 is 0 Å². The molecule has 21 heavy (non-hydrogen) atoms. The summed E-state index contributed by atoms with van der Waals surface area (Å²) in [6.07, 6.45) is -0.0249. The molecule has 0 aliphatic carbocycles. The summed E-state index contributed by atoms with van der Waals surface area (Å²) in [5.41, 5.74) is 2.10. The fourth-order valence-corrected chi connectivity index (χ4v) is 2.66. The molecule has 2 atom stereocenters. The van der Waals surface area contributed by atoms with Gasteiger partial charge in [0, 0.05) is 23.5 Å². The van der Waals surface area contributed by atoms with E-state index in [1.54, 1.807) is 13.8 Å². The van der Waals surface area contributed by atoms with Gasteiger partial charge in [-0.2, -0.15) is 0 Å². The van der Waals surface area contributed by atoms with E-state index in [2.05, 4.69) is 0 Å². The van der Waals surface area contributed by atoms with Crippen LogP contribution in [0.25, 0.3) is 0 Å². The van der Waals surface area contributed by atoms with Gasteiger partial charge in [-0.1, -0.05) is 44.2 Å². The van der Waals surface area contributed by atoms with Crippen LogP contribution < -0.4 is 5.43 Å². The molecule has 0 saturated heterocycles. The molecule has 0 aliphatic heterocycles. The zero-order valence-electron chi connectivity index (χ0n) is 13.0. The molecule has 0 aliphatic rings. The molecule has 3 nitrogen and oxygen atoms in total. The summed E-state index contributed by atoms with van der Waals surface area (Å²) in [7, 11) is 0. The Morgan fingerprint density at radius 3 is 2.33 bits per heavy atom. The fourth-order valence-electron chi connectivity index (χ4n) is 2.66. The highest BCUT2D eigenvalue weighted by Gasteiger charge is 2.24. The van der Waals surface area contributed by atoms with Crippen LogP contribution in [0, 0.1) is 13.8 Å². The van der Waals surface area contributed by atoms with Crippen molar-refractivity contribution in [2.24, 2.45) is 0 Å². The van der Waals surface area contributed by atoms with Crippen molar-refractivity contribution in [3.05, 3.63) is 68.8 Å². The van der Waals surface area contributed by atoms with Gasteiger partial charge in [0.15, 0.2) is 5.43 Å². The smallest absolute Gasteiger partial charge is 0.191 e. The first-order valence-electron chi connectivity index (χ1n) is 7.33. The van der Waals surface area contributed by atoms with E-state index in [1.165, 1.54) is 0 Å². The van der Waals surface area contributed by atoms with Crippen molar-refractivity contribution < 1.29 is 9.52 Å². The van der Waals surface area contributed by atoms with Crippen LogP contribution in [0.3, 0.4) is 0 Å². The van der Waals surface area contributed by atoms with Gasteiger partial charge in [0.2, 0.25) is 0 Å². The second-order valence-electron chi connectivity index (χ2n) is 5.47. The summed E-state index contributed by atoms with van der Waals surface area (Å²) < 4.78 is 5.91. The van der Waals surface area contributed by atoms with Crippen molar-refractivity contribution in [3.63, 3.8) is 0 Å². The van der Waals surface area contributed by atoms with Crippen molar-refractivity contribution in [2.75, 3.05) is 0 Å². The summed E-state index contributed by atoms with van der Waals surface area (Å²) in [6, 6.07) is 9.45. The standard InChI is InChI=1S/C18H22O3/c1-5-15-11(2)16(19)12(3)18(21-15)13(4)17(20)14-9-7-6-8-10-14/h6-10,13,17,20H,5H2,1-4H3/t13-,17+/m0/s1. The Balaban J connectivity index is 2.46. The maximum atomic E-state index is 12.3. The van der Waals surface area contributed by atoms with Gasteiger partial charge in [0.05, 0.1) is 6.10 Å². The highest BCUT2D eigenvalue weighted by Crippen LogP contribution is 2.32. The highest BCUT2D eigenvalue weighted by atomic mass is 16.3. The minimum atomic E-state index is -0.694. The van der Waals surface area contributed by atoms with Crippen LogP contribution in [0.4, 0.5) is 0 Å². The SMILES string of the molecule is CCc1oc([C@@H](C)[C@@H](O)c2ccccc2)c(C)c(=O)c1C. The van der Waals surface area contributed by atoms with E-state index in [9.17, 15) is 9.90 Å². The molecule has 0 spiro atoms. The molecule has 1 heterocycles. The van der Waals surface area contributed by atoms with Gasteiger partial charge >= 0.3 is 0 Å². The van der Waals surface area contributed by atoms with E-state index < -0.39 is 6.10 Å². The summed E-state index contributed by atoms with van der Waals surface area (Å²) in [4.78, 5) is 12.3. The molecule has 0 unspecified atom stereocenters. The maximum absolute atomic E-state index is 12.3. The number of hydrogen-bond donors (Lipinski definition) is 1. The Labute approximate surface area is 125 Å². The van der Waals surface area contributed by atoms with Gasteiger partial charge in [-0.25, -0.2) is 0 Å². The fraction of sp³-hybridized carbons (Fsp3) is 0.389. The number of rotatable bonds is 4. The topological polar surface area (TPSA) is 50.4 Å². The van der Waals surface area contributed by atoms with Gasteiger partial charge in [-0.3, -0.25) is 4.79 Å². The van der Waals surface area contributed by atoms with Gasteiger partial charge in [-0.05, 0) is 19.4 Å². The average molecular weight is 286 g/mol. The Bertz CT molecular complexity index is 671. The molecule has 0 fully saturated rings. The van der Waals surface area contributed by atoms with Crippen LogP contribution in [0.15, 0.2) is 39.5 Å². The van der Waals surface area contributed by atoms with E-state index in [-0.39, 0.29) is 11.3 Å². The van der Waals surface area contributed by atoms with Crippen molar-refractivity contribution in [1.82, 2.24) is 0 Å². The van der Waals surface area contributed by atoms with Crippen LogP contribution in [-0.4, -0.2) is 5.11 Å². The van der Waals surface area contributed by atoms with Crippen molar-refractivity contribution in [2.45, 2.75) is 46.1 Å². The van der Waals surface area contributed by atoms with Crippen LogP contribution in [0.5, 0.6) is 0 Å². The van der Waals surface area contributed by atoms with Crippen molar-refractivity contribution in [3.8, 4) is 0 Å². The quantitative estimate of drug-likeness (QED) is 0.933. The Kier molecular flexibility index (Phi) is 4.63. The maximum Gasteiger partial charge on any atom is 0.191 e. The number of aliphatic hydroxyl groups excluding tert-OH is 1. The van der Waals surface area contributed by atoms with E-state index in [4.69, 9.17) is 4.42 Å². The molecular weight excluding hydrogens is 264 g/mol. The summed E-state index contributed by atoms with van der Waals surface area (Å²) >= 11 is 0. The number of hydrogen-bond acceptors (Lipinski definition) is 3. The Morgan fingerprint density at radius 2 is 1.76 bits per heavy atom. The van der Waals surface area contributed by atoms with E-state index >= 15 is 0 Å². The highest BCUT2D eigenvalue weighted by molar-refractivity contribution is 5.30. The average Bonchev–Trinajstić information content (AvgIpc) is 2.52. The van der Waals surface area contributed by atoms with Gasteiger partial charge < -0.3 is 9.52 Å². The van der Waals surface area contributed by atoms with E-state index in [1.807, 2.05) is 44.2 Å². The molecule has 2 aromatic rings. The predicted octanol–water partition coefficient (Wildman–Crippen LogP) is 3.66. The summed E-state index contributed by atoms with van der Waals surface area (Å²) in [5, 5.41) is 10.5. The molecule has 1 N–H and O–H groups in total. The molecule has 112 valence electrons. The Hall–Kier alpha value is -1.87. The lowest BCUT2D eigenvalue weighted by Gasteiger charge is -2.21. The third kappa shape index (κ3) is 2.93. The molecule has 3 heteroatoms. The van der Waals surface area contributed by atoms with Crippen LogP contribution in [0.2, 0.25) is 0 Å². The number of aliphatic hydroxyl groups is 1. The minimum absolute atomic E-state index is 0.0141. The lowest BCUT2D eigenvalue weighted by molar-refractivity contribution is 0.139. The summed E-state index contributed by atoms with van der Waals surface area (Å²) in [6.45, 7) is 7.40. The van der Waals surface area contributed by atoms with Crippen LogP contribution in [-0.2, 0) is 6.42 Å². The first-order chi connectivity index (χ1) is 9.97. The number of aryl methyl sites for hydroxylation is 1. The van der Waals surface area contributed by atoms with Gasteiger partial charge in [0.1, 0.15) is 11.5 Å². The van der Waals surface area contributed by atoms with Crippen LogP contribution >= 0.6 is 0 Å². The lowest BCUT2D eigenvalue weighted by Crippen LogP contribution is -2.18. The van der Waals surface area contributed by atoms with E-state index in [0.717, 1.165) is 5.56 Å². The molecular formula is C18H22O3. The molecule has 0 radical (unpaired) electrons. The zero-order valence-corrected chi connectivity index (χ0v) is 13.0. The minimum Gasteiger partial charge on any atom is -0.465 e. The molecule has 1 aromatic carbocycles. The van der Waals surface area contributed by atoms with Gasteiger partial charge in [-0.15, -0.1) is 0 Å². The first-order valence-corrected chi connectivity index (χ1v) is 7.33. The van der Waals surface area contributed by atoms with Crippen molar-refractivity contribution in [1.29, 1.82) is 0 Å². The monoisotopic (exact) mass is 286 g/mol.